The summed E-state index contributed by atoms with van der Waals surface area (Å²) in [5.74, 6) is 1.39. The van der Waals surface area contributed by atoms with Crippen LogP contribution in [0.15, 0.2) is 29.5 Å². The molecule has 2 bridgehead atoms. The van der Waals surface area contributed by atoms with Gasteiger partial charge in [-0.3, -0.25) is 14.6 Å². The molecule has 0 radical (unpaired) electrons. The minimum absolute atomic E-state index is 0.165. The second-order valence-electron chi connectivity index (χ2n) is 9.49. The van der Waals surface area contributed by atoms with Gasteiger partial charge in [-0.2, -0.15) is 0 Å². The van der Waals surface area contributed by atoms with Crippen LogP contribution in [0.2, 0.25) is 0 Å². The van der Waals surface area contributed by atoms with E-state index in [0.29, 0.717) is 37.7 Å². The van der Waals surface area contributed by atoms with E-state index in [0.717, 1.165) is 48.4 Å². The molecule has 0 aliphatic carbocycles. The van der Waals surface area contributed by atoms with Crippen molar-refractivity contribution in [1.82, 2.24) is 19.8 Å². The number of ether oxygens (including phenoxy) is 1. The Bertz CT molecular complexity index is 1140. The van der Waals surface area contributed by atoms with Crippen LogP contribution in [-0.2, 0) is 16.1 Å². The van der Waals surface area contributed by atoms with Gasteiger partial charge in [0.15, 0.2) is 0 Å². The molecule has 1 aromatic heterocycles. The summed E-state index contributed by atoms with van der Waals surface area (Å²) in [6, 6.07) is 5.78. The van der Waals surface area contributed by atoms with Crippen molar-refractivity contribution >= 4 is 35.4 Å². The predicted octanol–water partition coefficient (Wildman–Crippen LogP) is 2.82. The highest BCUT2D eigenvalue weighted by atomic mass is 16.5. The van der Waals surface area contributed by atoms with Crippen LogP contribution in [0.3, 0.4) is 0 Å². The number of carbonyl (C=O) groups is 2. The summed E-state index contributed by atoms with van der Waals surface area (Å²) in [5, 5.41) is 2.86. The van der Waals surface area contributed by atoms with Gasteiger partial charge in [-0.15, -0.1) is 0 Å². The molecule has 0 spiro atoms. The molecule has 1 unspecified atom stereocenters. The molecule has 1 atom stereocenters. The topological polar surface area (TPSA) is 103 Å². The molecule has 2 aromatic rings. The summed E-state index contributed by atoms with van der Waals surface area (Å²) in [6.45, 7) is 2.91. The van der Waals surface area contributed by atoms with Gasteiger partial charge in [0.25, 0.3) is 0 Å². The molecule has 192 valence electrons. The highest BCUT2D eigenvalue weighted by Crippen LogP contribution is 2.36. The quantitative estimate of drug-likeness (QED) is 0.652. The fraction of sp³-hybridized carbons (Fsp3) is 0.500. The van der Waals surface area contributed by atoms with Crippen LogP contribution >= 0.6 is 0 Å². The van der Waals surface area contributed by atoms with Crippen molar-refractivity contribution in [2.45, 2.75) is 38.1 Å². The maximum absolute atomic E-state index is 12.8. The first kappa shape index (κ1) is 25.6. The molecule has 2 aliphatic rings. The van der Waals surface area contributed by atoms with E-state index in [1.807, 2.05) is 37.2 Å². The first-order valence-electron chi connectivity index (χ1n) is 12.4. The SMILES string of the molecule is COc1ccc2cc1CN(C)CCCCC(=O)N(C)CCCN(C)c1ncnc3c1C(C=N2)C(=O)N3. The molecule has 2 aliphatic heterocycles. The zero-order valence-electron chi connectivity index (χ0n) is 21.5. The first-order chi connectivity index (χ1) is 17.4. The molecule has 10 nitrogen and oxygen atoms in total. The van der Waals surface area contributed by atoms with Crippen LogP contribution < -0.4 is 15.0 Å². The summed E-state index contributed by atoms with van der Waals surface area (Å²) >= 11 is 0. The van der Waals surface area contributed by atoms with Crippen LogP contribution in [-0.4, -0.2) is 85.7 Å². The van der Waals surface area contributed by atoms with Crippen LogP contribution in [0.1, 0.15) is 42.7 Å². The van der Waals surface area contributed by atoms with Crippen molar-refractivity contribution in [1.29, 1.82) is 0 Å². The lowest BCUT2D eigenvalue weighted by atomic mass is 10.0. The van der Waals surface area contributed by atoms with Gasteiger partial charge >= 0.3 is 0 Å². The van der Waals surface area contributed by atoms with E-state index in [1.54, 1.807) is 18.2 Å². The zero-order chi connectivity index (χ0) is 25.7. The highest BCUT2D eigenvalue weighted by Gasteiger charge is 2.34. The number of fused-ring (bicyclic) bond motifs is 2. The molecule has 0 saturated carbocycles. The lowest BCUT2D eigenvalue weighted by Gasteiger charge is -2.23. The van der Waals surface area contributed by atoms with Crippen molar-refractivity contribution in [3.8, 4) is 5.75 Å². The number of hydrogen-bond donors (Lipinski definition) is 1. The number of benzene rings is 1. The third-order valence-electron chi connectivity index (χ3n) is 6.73. The summed E-state index contributed by atoms with van der Waals surface area (Å²) in [7, 11) is 7.52. The van der Waals surface area contributed by atoms with Crippen LogP contribution in [0.5, 0.6) is 5.75 Å². The van der Waals surface area contributed by atoms with E-state index in [9.17, 15) is 9.59 Å². The van der Waals surface area contributed by atoms with E-state index in [4.69, 9.17) is 4.74 Å². The molecule has 1 N–H and O–H groups in total. The average Bonchev–Trinajstić information content (AvgIpc) is 3.19. The van der Waals surface area contributed by atoms with Crippen molar-refractivity contribution in [2.24, 2.45) is 4.99 Å². The van der Waals surface area contributed by atoms with Crippen LogP contribution in [0.25, 0.3) is 0 Å². The van der Waals surface area contributed by atoms with E-state index >= 15 is 0 Å². The predicted molar refractivity (Wildman–Crippen MR) is 140 cm³/mol. The van der Waals surface area contributed by atoms with Gasteiger partial charge in [-0.1, -0.05) is 0 Å². The second kappa shape index (κ2) is 11.5. The van der Waals surface area contributed by atoms with Gasteiger partial charge < -0.3 is 24.8 Å². The highest BCUT2D eigenvalue weighted by molar-refractivity contribution is 6.13. The Kier molecular flexibility index (Phi) is 8.14. The zero-order valence-corrected chi connectivity index (χ0v) is 21.5. The number of amides is 2. The fourth-order valence-corrected chi connectivity index (χ4v) is 4.67. The Labute approximate surface area is 212 Å². The Hall–Kier alpha value is -3.53. The minimum Gasteiger partial charge on any atom is -0.496 e. The van der Waals surface area contributed by atoms with Gasteiger partial charge in [-0.25, -0.2) is 9.97 Å². The largest absolute Gasteiger partial charge is 0.496 e. The van der Waals surface area contributed by atoms with Gasteiger partial charge in [0, 0.05) is 51.9 Å². The molecule has 1 aromatic carbocycles. The van der Waals surface area contributed by atoms with E-state index in [1.165, 1.54) is 6.33 Å². The lowest BCUT2D eigenvalue weighted by Crippen LogP contribution is -2.31. The smallest absolute Gasteiger partial charge is 0.238 e. The van der Waals surface area contributed by atoms with Crippen molar-refractivity contribution in [3.63, 3.8) is 0 Å². The monoisotopic (exact) mass is 493 g/mol. The van der Waals surface area contributed by atoms with E-state index < -0.39 is 5.92 Å². The number of methoxy groups -OCH3 is 1. The average molecular weight is 494 g/mol. The molecule has 4 rings (SSSR count). The van der Waals surface area contributed by atoms with E-state index in [2.05, 4.69) is 32.2 Å². The summed E-state index contributed by atoms with van der Waals surface area (Å²) < 4.78 is 5.57. The number of aliphatic imine (C=N–C) groups is 1. The van der Waals surface area contributed by atoms with Gasteiger partial charge in [-0.05, 0) is 51.1 Å². The number of anilines is 2. The third-order valence-corrected chi connectivity index (χ3v) is 6.73. The number of rotatable bonds is 1. The van der Waals surface area contributed by atoms with Gasteiger partial charge in [0.2, 0.25) is 11.8 Å². The number of carbonyl (C=O) groups excluding carboxylic acids is 2. The molecular formula is C26H35N7O3. The Morgan fingerprint density at radius 1 is 1.00 bits per heavy atom. The Morgan fingerprint density at radius 2 is 1.81 bits per heavy atom. The summed E-state index contributed by atoms with van der Waals surface area (Å²) in [5.41, 5.74) is 2.48. The number of nitrogens with zero attached hydrogens (tertiary/aromatic N) is 6. The fourth-order valence-electron chi connectivity index (χ4n) is 4.67. The second-order valence-corrected chi connectivity index (χ2v) is 9.49. The minimum atomic E-state index is -0.596. The van der Waals surface area contributed by atoms with E-state index in [-0.39, 0.29) is 11.8 Å². The molecule has 0 saturated heterocycles. The van der Waals surface area contributed by atoms with Gasteiger partial charge in [0.1, 0.15) is 29.6 Å². The molecular weight excluding hydrogens is 458 g/mol. The van der Waals surface area contributed by atoms with Crippen molar-refractivity contribution in [2.75, 3.05) is 58.1 Å². The summed E-state index contributed by atoms with van der Waals surface area (Å²) in [4.78, 5) is 44.9. The Morgan fingerprint density at radius 3 is 2.61 bits per heavy atom. The van der Waals surface area contributed by atoms with Crippen molar-refractivity contribution in [3.05, 3.63) is 35.7 Å². The van der Waals surface area contributed by atoms with Gasteiger partial charge in [0.05, 0.1) is 18.4 Å². The van der Waals surface area contributed by atoms with Crippen LogP contribution in [0, 0.1) is 0 Å². The maximum atomic E-state index is 12.8. The Balaban J connectivity index is 1.67. The maximum Gasteiger partial charge on any atom is 0.238 e. The van der Waals surface area contributed by atoms with Crippen LogP contribution in [0.4, 0.5) is 17.3 Å². The molecule has 0 fully saturated rings. The lowest BCUT2D eigenvalue weighted by molar-refractivity contribution is -0.130. The molecule has 2 amide bonds. The molecule has 36 heavy (non-hydrogen) atoms. The van der Waals surface area contributed by atoms with Crippen molar-refractivity contribution < 1.29 is 14.3 Å². The summed E-state index contributed by atoms with van der Waals surface area (Å²) in [6.07, 6.45) is 6.25. The number of nitrogens with one attached hydrogen (secondary N) is 1. The number of aromatic nitrogens is 2. The normalized spacial score (nSPS) is 20.2. The molecule has 3 heterocycles. The first-order valence-corrected chi connectivity index (χ1v) is 12.4. The molecule has 10 heteroatoms. The standard InChI is InChI=1S/C26H35N7O3/c1-31-11-6-5-8-22(34)32(2)12-7-13-33(3)25-23-20(26(35)30-24(23)28-17-29-25)15-27-19-9-10-21(36-4)18(14-19)16-31/h9-10,14-15,17,20H,5-8,11-13,16H2,1-4H3,(H,28,29,30,35). The third kappa shape index (κ3) is 5.81. The number of hydrogen-bond acceptors (Lipinski definition) is 8.